The highest BCUT2D eigenvalue weighted by atomic mass is 32.1. The number of ether oxygens (including phenoxy) is 3. The van der Waals surface area contributed by atoms with Crippen LogP contribution in [0, 0.1) is 6.92 Å². The lowest BCUT2D eigenvalue weighted by atomic mass is 10.0. The lowest BCUT2D eigenvalue weighted by molar-refractivity contribution is 0.0426. The quantitative estimate of drug-likeness (QED) is 0.541. The third-order valence-electron chi connectivity index (χ3n) is 5.99. The minimum Gasteiger partial charge on any atom is -0.493 e. The maximum absolute atomic E-state index is 13.4. The van der Waals surface area contributed by atoms with E-state index in [0.29, 0.717) is 30.2 Å². The number of aromatic nitrogens is 1. The molecule has 1 saturated heterocycles. The molecule has 33 heavy (non-hydrogen) atoms. The maximum Gasteiger partial charge on any atom is 0.257 e. The minimum absolute atomic E-state index is 0.00282. The summed E-state index contributed by atoms with van der Waals surface area (Å²) in [4.78, 5) is 19.8. The first-order chi connectivity index (χ1) is 16.1. The lowest BCUT2D eigenvalue weighted by Crippen LogP contribution is -2.46. The summed E-state index contributed by atoms with van der Waals surface area (Å²) >= 11 is 1.60. The van der Waals surface area contributed by atoms with Crippen molar-refractivity contribution in [2.75, 3.05) is 25.6 Å². The molecule has 3 heterocycles. The zero-order chi connectivity index (χ0) is 22.8. The fourth-order valence-electron chi connectivity index (χ4n) is 4.35. The molecule has 8 heteroatoms. The molecule has 1 aromatic heterocycles. The Morgan fingerprint density at radius 2 is 2.12 bits per heavy atom. The van der Waals surface area contributed by atoms with Gasteiger partial charge in [-0.2, -0.15) is 0 Å². The molecule has 0 aliphatic carbocycles. The molecule has 0 unspecified atom stereocenters. The largest absolute Gasteiger partial charge is 0.493 e. The Bertz CT molecular complexity index is 1140. The topological polar surface area (TPSA) is 72.9 Å². The summed E-state index contributed by atoms with van der Waals surface area (Å²) in [5.41, 5.74) is 3.32. The van der Waals surface area contributed by atoms with E-state index in [1.807, 2.05) is 59.7 Å². The Kier molecular flexibility index (Phi) is 6.20. The second-order valence-corrected chi connectivity index (χ2v) is 9.30. The van der Waals surface area contributed by atoms with Crippen molar-refractivity contribution in [2.24, 2.45) is 0 Å². The summed E-state index contributed by atoms with van der Waals surface area (Å²) in [5.74, 6) is 1.26. The fourth-order valence-corrected chi connectivity index (χ4v) is 4.95. The Hall–Kier alpha value is -3.10. The van der Waals surface area contributed by atoms with Gasteiger partial charge in [0.05, 0.1) is 29.5 Å². The molecule has 0 spiro atoms. The molecular weight excluding hydrogens is 438 g/mol. The molecule has 7 nitrogen and oxygen atoms in total. The third-order valence-corrected chi connectivity index (χ3v) is 6.81. The van der Waals surface area contributed by atoms with E-state index in [1.165, 1.54) is 0 Å². The summed E-state index contributed by atoms with van der Waals surface area (Å²) in [6, 6.07) is 13.4. The van der Waals surface area contributed by atoms with Gasteiger partial charge in [-0.05, 0) is 49.6 Å². The smallest absolute Gasteiger partial charge is 0.257 e. The average Bonchev–Trinajstić information content (AvgIpc) is 3.51. The van der Waals surface area contributed by atoms with Crippen molar-refractivity contribution in [1.82, 2.24) is 9.88 Å². The van der Waals surface area contributed by atoms with E-state index in [0.717, 1.165) is 41.4 Å². The highest BCUT2D eigenvalue weighted by molar-refractivity contribution is 7.09. The number of carbonyl (C=O) groups excluding carboxylic acids is 1. The van der Waals surface area contributed by atoms with Gasteiger partial charge >= 0.3 is 0 Å². The Morgan fingerprint density at radius 1 is 1.24 bits per heavy atom. The summed E-state index contributed by atoms with van der Waals surface area (Å²) in [7, 11) is 1.62. The molecule has 1 fully saturated rings. The van der Waals surface area contributed by atoms with Crippen molar-refractivity contribution >= 4 is 22.9 Å². The van der Waals surface area contributed by atoms with Crippen molar-refractivity contribution in [1.29, 1.82) is 0 Å². The van der Waals surface area contributed by atoms with Crippen LogP contribution >= 0.6 is 11.3 Å². The number of aryl methyl sites for hydroxylation is 1. The van der Waals surface area contributed by atoms with E-state index < -0.39 is 0 Å². The number of nitrogens with one attached hydrogen (secondary N) is 1. The van der Waals surface area contributed by atoms with Crippen LogP contribution in [0.1, 0.15) is 45.6 Å². The molecule has 2 aliphatic heterocycles. The average molecular weight is 466 g/mol. The zero-order valence-electron chi connectivity index (χ0n) is 18.7. The number of hydrogen-bond donors (Lipinski definition) is 1. The SMILES string of the molecule is COc1cc([C@H]2Nc3ccccc3C(=O)N2C[C@H]2CCCO2)ccc1OCc1csc(C)n1. The number of hydrogen-bond acceptors (Lipinski definition) is 7. The van der Waals surface area contributed by atoms with Crippen LogP contribution in [0.2, 0.25) is 0 Å². The normalized spacial score (nSPS) is 19.8. The molecule has 1 N–H and O–H groups in total. The van der Waals surface area contributed by atoms with Gasteiger partial charge in [0, 0.05) is 24.2 Å². The van der Waals surface area contributed by atoms with Crippen LogP contribution in [0.5, 0.6) is 11.5 Å². The van der Waals surface area contributed by atoms with E-state index >= 15 is 0 Å². The van der Waals surface area contributed by atoms with Gasteiger partial charge in [-0.3, -0.25) is 4.79 Å². The van der Waals surface area contributed by atoms with Gasteiger partial charge in [-0.15, -0.1) is 11.3 Å². The number of carbonyl (C=O) groups is 1. The number of thiazole rings is 1. The van der Waals surface area contributed by atoms with Crippen molar-refractivity contribution in [2.45, 2.75) is 38.6 Å². The van der Waals surface area contributed by atoms with Crippen LogP contribution in [-0.4, -0.2) is 42.2 Å². The van der Waals surface area contributed by atoms with Crippen molar-refractivity contribution in [3.05, 3.63) is 69.7 Å². The first-order valence-electron chi connectivity index (χ1n) is 11.1. The number of fused-ring (bicyclic) bond motifs is 1. The van der Waals surface area contributed by atoms with E-state index in [1.54, 1.807) is 18.4 Å². The van der Waals surface area contributed by atoms with Crippen LogP contribution < -0.4 is 14.8 Å². The van der Waals surface area contributed by atoms with Crippen LogP contribution in [0.25, 0.3) is 0 Å². The van der Waals surface area contributed by atoms with Gasteiger partial charge in [-0.1, -0.05) is 18.2 Å². The van der Waals surface area contributed by atoms with Crippen molar-refractivity contribution in [3.63, 3.8) is 0 Å². The predicted molar refractivity (Wildman–Crippen MR) is 127 cm³/mol. The molecular formula is C25H27N3O4S. The molecule has 2 aromatic carbocycles. The highest BCUT2D eigenvalue weighted by Crippen LogP contribution is 2.37. The summed E-state index contributed by atoms with van der Waals surface area (Å²) < 4.78 is 17.5. The first-order valence-corrected chi connectivity index (χ1v) is 12.0. The zero-order valence-corrected chi connectivity index (χ0v) is 19.6. The van der Waals surface area contributed by atoms with Gasteiger partial charge < -0.3 is 24.4 Å². The molecule has 172 valence electrons. The van der Waals surface area contributed by atoms with Crippen LogP contribution in [0.3, 0.4) is 0 Å². The maximum atomic E-state index is 13.4. The number of nitrogens with zero attached hydrogens (tertiary/aromatic N) is 2. The molecule has 2 atom stereocenters. The predicted octanol–water partition coefficient (Wildman–Crippen LogP) is 4.78. The van der Waals surface area contributed by atoms with E-state index in [4.69, 9.17) is 14.2 Å². The molecule has 0 saturated carbocycles. The van der Waals surface area contributed by atoms with Gasteiger partial charge in [0.1, 0.15) is 12.8 Å². The Labute approximate surface area is 197 Å². The van der Waals surface area contributed by atoms with E-state index in [-0.39, 0.29) is 18.2 Å². The molecule has 2 aliphatic rings. The minimum atomic E-state index is -0.333. The van der Waals surface area contributed by atoms with Gasteiger partial charge in [-0.25, -0.2) is 4.98 Å². The first kappa shape index (κ1) is 21.7. The van der Waals surface area contributed by atoms with Crippen LogP contribution in [0.15, 0.2) is 47.8 Å². The second-order valence-electron chi connectivity index (χ2n) is 8.24. The number of amides is 1. The van der Waals surface area contributed by atoms with Crippen molar-refractivity contribution < 1.29 is 19.0 Å². The second kappa shape index (κ2) is 9.41. The number of benzene rings is 2. The number of anilines is 1. The Morgan fingerprint density at radius 3 is 2.88 bits per heavy atom. The molecule has 0 radical (unpaired) electrons. The van der Waals surface area contributed by atoms with Gasteiger partial charge in [0.15, 0.2) is 11.5 Å². The number of para-hydroxylation sites is 1. The summed E-state index contributed by atoms with van der Waals surface area (Å²) in [6.07, 6.45) is 1.71. The molecule has 0 bridgehead atoms. The van der Waals surface area contributed by atoms with E-state index in [2.05, 4.69) is 10.3 Å². The standard InChI is InChI=1S/C25H27N3O4S/c1-16-26-18(15-33-16)14-32-22-10-9-17(12-23(22)30-2)24-27-21-8-4-3-7-20(21)25(29)28(24)13-19-6-5-11-31-19/h3-4,7-10,12,15,19,24,27H,5-6,11,13-14H2,1-2H3/t19-,24+/m1/s1. The highest BCUT2D eigenvalue weighted by Gasteiger charge is 2.35. The van der Waals surface area contributed by atoms with Crippen LogP contribution in [-0.2, 0) is 11.3 Å². The van der Waals surface area contributed by atoms with E-state index in [9.17, 15) is 4.79 Å². The van der Waals surface area contributed by atoms with Crippen LogP contribution in [0.4, 0.5) is 5.69 Å². The summed E-state index contributed by atoms with van der Waals surface area (Å²) in [5, 5.41) is 6.55. The lowest BCUT2D eigenvalue weighted by Gasteiger charge is -2.39. The fraction of sp³-hybridized carbons (Fsp3) is 0.360. The monoisotopic (exact) mass is 465 g/mol. The van der Waals surface area contributed by atoms with Crippen molar-refractivity contribution in [3.8, 4) is 11.5 Å². The molecule has 5 rings (SSSR count). The number of rotatable bonds is 7. The summed E-state index contributed by atoms with van der Waals surface area (Å²) in [6.45, 7) is 3.63. The Balaban J connectivity index is 1.42. The number of methoxy groups -OCH3 is 1. The van der Waals surface area contributed by atoms with Gasteiger partial charge in [0.25, 0.3) is 5.91 Å². The molecule has 1 amide bonds. The third kappa shape index (κ3) is 4.54. The van der Waals surface area contributed by atoms with Gasteiger partial charge in [0.2, 0.25) is 0 Å². The molecule has 3 aromatic rings.